The standard InChI is InChI=1S/C21H25N3O3S.BrH/c1-2-17(20(22)26)23-21(27)16-10-4-5-11-18(16)28-19(25)12-6-9-15-24-13-7-3-8-14-24;/h3-5,7-8,10-11,13-14,17H,2,6,9,12,15H2,1H3,(H2-,22,23,26,27);1H. The third-order valence-corrected chi connectivity index (χ3v) is 5.24. The third-order valence-electron chi connectivity index (χ3n) is 4.24. The molecule has 1 aromatic carbocycles. The number of amides is 2. The van der Waals surface area contributed by atoms with Gasteiger partial charge in [-0.1, -0.05) is 36.9 Å². The first kappa shape index (κ1) is 24.8. The van der Waals surface area contributed by atoms with Crippen LogP contribution in [0.3, 0.4) is 0 Å². The van der Waals surface area contributed by atoms with Crippen molar-refractivity contribution in [2.24, 2.45) is 5.73 Å². The van der Waals surface area contributed by atoms with Gasteiger partial charge in [0.15, 0.2) is 17.5 Å². The van der Waals surface area contributed by atoms with Gasteiger partial charge in [0.25, 0.3) is 5.91 Å². The van der Waals surface area contributed by atoms with Crippen LogP contribution in [0.1, 0.15) is 43.0 Å². The number of nitrogens with zero attached hydrogens (tertiary/aromatic N) is 1. The van der Waals surface area contributed by atoms with E-state index in [0.717, 1.165) is 31.1 Å². The van der Waals surface area contributed by atoms with Gasteiger partial charge in [-0.3, -0.25) is 14.4 Å². The molecule has 0 aliphatic carbocycles. The van der Waals surface area contributed by atoms with E-state index in [0.29, 0.717) is 23.3 Å². The zero-order valence-electron chi connectivity index (χ0n) is 16.3. The number of nitrogens with two attached hydrogens (primary N) is 1. The van der Waals surface area contributed by atoms with Gasteiger partial charge in [-0.05, 0) is 25.0 Å². The molecule has 3 N–H and O–H groups in total. The summed E-state index contributed by atoms with van der Waals surface area (Å²) >= 11 is 1.07. The van der Waals surface area contributed by atoms with E-state index < -0.39 is 17.9 Å². The quantitative estimate of drug-likeness (QED) is 0.272. The zero-order chi connectivity index (χ0) is 20.4. The molecule has 0 aliphatic rings. The highest BCUT2D eigenvalue weighted by Crippen LogP contribution is 2.25. The normalized spacial score (nSPS) is 11.2. The van der Waals surface area contributed by atoms with Gasteiger partial charge >= 0.3 is 0 Å². The van der Waals surface area contributed by atoms with E-state index in [-0.39, 0.29) is 22.1 Å². The molecule has 1 atom stereocenters. The molecule has 0 aliphatic heterocycles. The van der Waals surface area contributed by atoms with Gasteiger partial charge in [0.1, 0.15) is 12.6 Å². The zero-order valence-corrected chi connectivity index (χ0v) is 18.7. The maximum Gasteiger partial charge on any atom is 0.253 e. The van der Waals surface area contributed by atoms with Crippen LogP contribution in [0.25, 0.3) is 0 Å². The molecule has 1 unspecified atom stereocenters. The van der Waals surface area contributed by atoms with Crippen LogP contribution < -0.4 is 32.6 Å². The second-order valence-electron chi connectivity index (χ2n) is 6.38. The van der Waals surface area contributed by atoms with Crippen molar-refractivity contribution in [2.75, 3.05) is 0 Å². The predicted molar refractivity (Wildman–Crippen MR) is 109 cm³/mol. The van der Waals surface area contributed by atoms with Crippen molar-refractivity contribution in [3.8, 4) is 0 Å². The lowest BCUT2D eigenvalue weighted by Crippen LogP contribution is -3.00. The highest BCUT2D eigenvalue weighted by molar-refractivity contribution is 8.13. The number of pyridine rings is 1. The molecule has 0 bridgehead atoms. The molecule has 2 aromatic rings. The van der Waals surface area contributed by atoms with Crippen LogP contribution in [-0.2, 0) is 16.1 Å². The first-order valence-electron chi connectivity index (χ1n) is 9.35. The van der Waals surface area contributed by atoms with Gasteiger partial charge in [0, 0.05) is 29.9 Å². The summed E-state index contributed by atoms with van der Waals surface area (Å²) in [6.45, 7) is 2.64. The van der Waals surface area contributed by atoms with Crippen molar-refractivity contribution >= 4 is 28.7 Å². The Hall–Kier alpha value is -2.19. The van der Waals surface area contributed by atoms with Crippen LogP contribution in [0.15, 0.2) is 59.8 Å². The smallest absolute Gasteiger partial charge is 0.253 e. The summed E-state index contributed by atoms with van der Waals surface area (Å²) in [4.78, 5) is 36.8. The average Bonchev–Trinajstić information content (AvgIpc) is 2.70. The lowest BCUT2D eigenvalue weighted by atomic mass is 10.1. The minimum Gasteiger partial charge on any atom is -1.00 e. The van der Waals surface area contributed by atoms with Gasteiger partial charge < -0.3 is 28.0 Å². The second-order valence-corrected chi connectivity index (χ2v) is 7.48. The minimum absolute atomic E-state index is 0. The lowest BCUT2D eigenvalue weighted by Gasteiger charge is -2.14. The molecule has 1 aromatic heterocycles. The number of benzene rings is 1. The maximum atomic E-state index is 12.5. The lowest BCUT2D eigenvalue weighted by molar-refractivity contribution is -0.697. The molecule has 0 saturated carbocycles. The van der Waals surface area contributed by atoms with Crippen molar-refractivity contribution in [1.29, 1.82) is 0 Å². The van der Waals surface area contributed by atoms with E-state index in [1.165, 1.54) is 0 Å². The number of halogens is 1. The van der Waals surface area contributed by atoms with Crippen LogP contribution in [0.2, 0.25) is 0 Å². The van der Waals surface area contributed by atoms with Crippen molar-refractivity contribution in [2.45, 2.75) is 50.1 Å². The Labute approximate surface area is 186 Å². The first-order valence-corrected chi connectivity index (χ1v) is 10.2. The molecule has 6 nitrogen and oxygen atoms in total. The molecule has 2 amide bonds. The first-order chi connectivity index (χ1) is 13.5. The van der Waals surface area contributed by atoms with Crippen LogP contribution >= 0.6 is 11.8 Å². The van der Waals surface area contributed by atoms with Crippen LogP contribution in [-0.4, -0.2) is 23.0 Å². The summed E-state index contributed by atoms with van der Waals surface area (Å²) in [6.07, 6.45) is 6.53. The SMILES string of the molecule is CCC(NC(=O)c1ccccc1SC(=O)CCCC[n+]1ccccc1)C(N)=O.[Br-]. The molecule has 0 radical (unpaired) electrons. The number of aryl methyl sites for hydroxylation is 1. The Morgan fingerprint density at radius 1 is 1.07 bits per heavy atom. The van der Waals surface area contributed by atoms with Gasteiger partial charge in [-0.15, -0.1) is 0 Å². The monoisotopic (exact) mass is 479 g/mol. The summed E-state index contributed by atoms with van der Waals surface area (Å²) in [7, 11) is 0. The number of primary amides is 1. The Bertz CT molecular complexity index is 818. The fourth-order valence-corrected chi connectivity index (χ4v) is 3.58. The van der Waals surface area contributed by atoms with E-state index in [1.807, 2.05) is 30.6 Å². The fraction of sp³-hybridized carbons (Fsp3) is 0.333. The van der Waals surface area contributed by atoms with Gasteiger partial charge in [0.2, 0.25) is 5.91 Å². The van der Waals surface area contributed by atoms with Crippen molar-refractivity contribution in [1.82, 2.24) is 5.32 Å². The molecule has 0 fully saturated rings. The Morgan fingerprint density at radius 2 is 1.76 bits per heavy atom. The number of carbonyl (C=O) groups excluding carboxylic acids is 3. The van der Waals surface area contributed by atoms with E-state index in [9.17, 15) is 14.4 Å². The number of unbranched alkanes of at least 4 members (excludes halogenated alkanes) is 1. The molecule has 0 saturated heterocycles. The molecular formula is C21H26BrN3O3S. The number of aromatic nitrogens is 1. The molecule has 156 valence electrons. The second kappa shape index (κ2) is 13.1. The summed E-state index contributed by atoms with van der Waals surface area (Å²) in [5, 5.41) is 2.64. The third kappa shape index (κ3) is 8.37. The van der Waals surface area contributed by atoms with E-state index >= 15 is 0 Å². The average molecular weight is 480 g/mol. The summed E-state index contributed by atoms with van der Waals surface area (Å²) in [5.41, 5.74) is 5.66. The van der Waals surface area contributed by atoms with Crippen LogP contribution in [0.5, 0.6) is 0 Å². The number of nitrogens with one attached hydrogen (secondary N) is 1. The highest BCUT2D eigenvalue weighted by Gasteiger charge is 2.20. The summed E-state index contributed by atoms with van der Waals surface area (Å²) in [5.74, 6) is -0.977. The molecule has 8 heteroatoms. The minimum atomic E-state index is -0.725. The maximum absolute atomic E-state index is 12.5. The van der Waals surface area contributed by atoms with Crippen molar-refractivity contribution in [3.05, 3.63) is 60.4 Å². The topological polar surface area (TPSA) is 93.1 Å². The molecule has 0 spiro atoms. The molecule has 29 heavy (non-hydrogen) atoms. The molecule has 2 rings (SSSR count). The number of hydrogen-bond acceptors (Lipinski definition) is 4. The van der Waals surface area contributed by atoms with Crippen LogP contribution in [0.4, 0.5) is 0 Å². The van der Waals surface area contributed by atoms with E-state index in [1.54, 1.807) is 31.2 Å². The molecule has 1 heterocycles. The predicted octanol–water partition coefficient (Wildman–Crippen LogP) is -0.539. The Kier molecular flexibility index (Phi) is 11.2. The number of rotatable bonds is 10. The van der Waals surface area contributed by atoms with Gasteiger partial charge in [-0.2, -0.15) is 0 Å². The summed E-state index contributed by atoms with van der Waals surface area (Å²) < 4.78 is 2.08. The Balaban J connectivity index is 0.00000420. The molecular weight excluding hydrogens is 454 g/mol. The van der Waals surface area contributed by atoms with Gasteiger partial charge in [-0.25, -0.2) is 4.57 Å². The van der Waals surface area contributed by atoms with Gasteiger partial charge in [0.05, 0.1) is 5.56 Å². The largest absolute Gasteiger partial charge is 1.00 e. The number of carbonyl (C=O) groups is 3. The number of hydrogen-bond donors (Lipinski definition) is 2. The fourth-order valence-electron chi connectivity index (χ4n) is 2.67. The van der Waals surface area contributed by atoms with E-state index in [2.05, 4.69) is 9.88 Å². The Morgan fingerprint density at radius 3 is 2.41 bits per heavy atom. The van der Waals surface area contributed by atoms with Crippen LogP contribution in [0, 0.1) is 0 Å². The number of thioether (sulfide) groups is 1. The highest BCUT2D eigenvalue weighted by atomic mass is 79.9. The van der Waals surface area contributed by atoms with Crippen molar-refractivity contribution in [3.63, 3.8) is 0 Å². The summed E-state index contributed by atoms with van der Waals surface area (Å²) in [6, 6.07) is 12.1. The van der Waals surface area contributed by atoms with E-state index in [4.69, 9.17) is 5.73 Å². The van der Waals surface area contributed by atoms with Crippen molar-refractivity contribution < 1.29 is 35.9 Å².